The number of hydrogen-bond donors (Lipinski definition) is 1. The standard InChI is InChI=1S/C12H22N2O2/c1-11(16)14-7-5-13(6-8-14)9-12(10-15)3-2-4-12/h15H,2-10H2,1H3. The Hall–Kier alpha value is -0.610. The molecule has 1 saturated carbocycles. The highest BCUT2D eigenvalue weighted by atomic mass is 16.3. The van der Waals surface area contributed by atoms with E-state index in [1.54, 1.807) is 6.92 Å². The fourth-order valence-corrected chi connectivity index (χ4v) is 2.74. The van der Waals surface area contributed by atoms with E-state index < -0.39 is 0 Å². The summed E-state index contributed by atoms with van der Waals surface area (Å²) in [5.41, 5.74) is 0.179. The quantitative estimate of drug-likeness (QED) is 0.753. The average Bonchev–Trinajstić information content (AvgIpc) is 2.24. The molecule has 0 spiro atoms. The van der Waals surface area contributed by atoms with Crippen LogP contribution in [0, 0.1) is 5.41 Å². The zero-order valence-electron chi connectivity index (χ0n) is 10.1. The maximum absolute atomic E-state index is 11.2. The van der Waals surface area contributed by atoms with Crippen molar-refractivity contribution in [3.8, 4) is 0 Å². The molecule has 2 fully saturated rings. The normalized spacial score (nSPS) is 25.2. The van der Waals surface area contributed by atoms with E-state index in [-0.39, 0.29) is 11.3 Å². The highest BCUT2D eigenvalue weighted by Gasteiger charge is 2.38. The maximum atomic E-state index is 11.2. The molecule has 0 radical (unpaired) electrons. The summed E-state index contributed by atoms with van der Waals surface area (Å²) in [6.45, 7) is 6.57. The molecule has 4 nitrogen and oxygen atoms in total. The van der Waals surface area contributed by atoms with Crippen LogP contribution in [-0.4, -0.2) is 60.1 Å². The topological polar surface area (TPSA) is 43.8 Å². The summed E-state index contributed by atoms with van der Waals surface area (Å²) >= 11 is 0. The highest BCUT2D eigenvalue weighted by Crippen LogP contribution is 2.41. The summed E-state index contributed by atoms with van der Waals surface area (Å²) in [4.78, 5) is 15.5. The average molecular weight is 226 g/mol. The molecule has 1 saturated heterocycles. The van der Waals surface area contributed by atoms with Crippen molar-refractivity contribution >= 4 is 5.91 Å². The molecule has 1 heterocycles. The van der Waals surface area contributed by atoms with Crippen molar-refractivity contribution in [1.82, 2.24) is 9.80 Å². The van der Waals surface area contributed by atoms with E-state index in [0.29, 0.717) is 6.61 Å². The number of carbonyl (C=O) groups excluding carboxylic acids is 1. The molecule has 1 N–H and O–H groups in total. The largest absolute Gasteiger partial charge is 0.396 e. The molecule has 4 heteroatoms. The molecule has 92 valence electrons. The third-order valence-electron chi connectivity index (χ3n) is 4.13. The Balaban J connectivity index is 1.79. The molecule has 0 bridgehead atoms. The summed E-state index contributed by atoms with van der Waals surface area (Å²) in [7, 11) is 0. The first kappa shape index (κ1) is 11.9. The van der Waals surface area contributed by atoms with E-state index in [1.165, 1.54) is 6.42 Å². The van der Waals surface area contributed by atoms with E-state index in [9.17, 15) is 9.90 Å². The van der Waals surface area contributed by atoms with Crippen molar-refractivity contribution < 1.29 is 9.90 Å². The van der Waals surface area contributed by atoms with Gasteiger partial charge in [0, 0.05) is 51.7 Å². The van der Waals surface area contributed by atoms with Gasteiger partial charge in [0.1, 0.15) is 0 Å². The van der Waals surface area contributed by atoms with Crippen molar-refractivity contribution in [2.45, 2.75) is 26.2 Å². The minimum absolute atomic E-state index is 0.179. The summed E-state index contributed by atoms with van der Waals surface area (Å²) in [5.74, 6) is 0.181. The lowest BCUT2D eigenvalue weighted by Crippen LogP contribution is -2.53. The first-order valence-electron chi connectivity index (χ1n) is 6.24. The second-order valence-electron chi connectivity index (χ2n) is 5.29. The Morgan fingerprint density at radius 3 is 2.25 bits per heavy atom. The van der Waals surface area contributed by atoms with Gasteiger partial charge in [-0.2, -0.15) is 0 Å². The van der Waals surface area contributed by atoms with Gasteiger partial charge in [-0.3, -0.25) is 9.69 Å². The summed E-state index contributed by atoms with van der Waals surface area (Å²) in [6.07, 6.45) is 3.58. The van der Waals surface area contributed by atoms with Gasteiger partial charge in [-0.1, -0.05) is 6.42 Å². The third kappa shape index (κ3) is 2.38. The molecular formula is C12H22N2O2. The van der Waals surface area contributed by atoms with E-state index >= 15 is 0 Å². The predicted molar refractivity (Wildman–Crippen MR) is 62.1 cm³/mol. The Morgan fingerprint density at radius 2 is 1.88 bits per heavy atom. The number of aliphatic hydroxyl groups excluding tert-OH is 1. The summed E-state index contributed by atoms with van der Waals surface area (Å²) in [5, 5.41) is 9.42. The zero-order chi connectivity index (χ0) is 11.6. The van der Waals surface area contributed by atoms with Crippen LogP contribution < -0.4 is 0 Å². The van der Waals surface area contributed by atoms with E-state index in [2.05, 4.69) is 4.90 Å². The number of piperazine rings is 1. The fraction of sp³-hybridized carbons (Fsp3) is 0.917. The molecule has 0 unspecified atom stereocenters. The molecule has 1 aliphatic heterocycles. The van der Waals surface area contributed by atoms with Gasteiger partial charge in [-0.05, 0) is 12.8 Å². The van der Waals surface area contributed by atoms with Crippen LogP contribution in [0.5, 0.6) is 0 Å². The zero-order valence-corrected chi connectivity index (χ0v) is 10.1. The van der Waals surface area contributed by atoms with Crippen LogP contribution in [0.2, 0.25) is 0 Å². The lowest BCUT2D eigenvalue weighted by atomic mass is 9.69. The van der Waals surface area contributed by atoms with Gasteiger partial charge in [0.05, 0.1) is 0 Å². The second kappa shape index (κ2) is 4.72. The van der Waals surface area contributed by atoms with Crippen molar-refractivity contribution in [3.05, 3.63) is 0 Å². The summed E-state index contributed by atoms with van der Waals surface area (Å²) < 4.78 is 0. The van der Waals surface area contributed by atoms with Crippen molar-refractivity contribution in [1.29, 1.82) is 0 Å². The van der Waals surface area contributed by atoms with Crippen LogP contribution >= 0.6 is 0 Å². The number of amides is 1. The number of carbonyl (C=O) groups is 1. The molecule has 0 aromatic carbocycles. The van der Waals surface area contributed by atoms with Crippen molar-refractivity contribution in [2.24, 2.45) is 5.41 Å². The minimum Gasteiger partial charge on any atom is -0.396 e. The van der Waals surface area contributed by atoms with Crippen LogP contribution in [0.3, 0.4) is 0 Å². The van der Waals surface area contributed by atoms with Gasteiger partial charge in [0.25, 0.3) is 0 Å². The number of rotatable bonds is 3. The molecule has 0 atom stereocenters. The number of hydrogen-bond acceptors (Lipinski definition) is 3. The first-order valence-corrected chi connectivity index (χ1v) is 6.24. The van der Waals surface area contributed by atoms with Crippen LogP contribution in [0.15, 0.2) is 0 Å². The van der Waals surface area contributed by atoms with Gasteiger partial charge < -0.3 is 10.0 Å². The maximum Gasteiger partial charge on any atom is 0.219 e. The second-order valence-corrected chi connectivity index (χ2v) is 5.29. The Labute approximate surface area is 97.2 Å². The molecule has 0 aromatic rings. The lowest BCUT2D eigenvalue weighted by molar-refractivity contribution is -0.131. The van der Waals surface area contributed by atoms with Crippen LogP contribution in [0.1, 0.15) is 26.2 Å². The van der Waals surface area contributed by atoms with Gasteiger partial charge in [-0.15, -0.1) is 0 Å². The van der Waals surface area contributed by atoms with Gasteiger partial charge in [0.15, 0.2) is 0 Å². The number of nitrogens with zero attached hydrogens (tertiary/aromatic N) is 2. The number of aliphatic hydroxyl groups is 1. The molecule has 16 heavy (non-hydrogen) atoms. The first-order chi connectivity index (χ1) is 7.65. The summed E-state index contributed by atoms with van der Waals surface area (Å²) in [6, 6.07) is 0. The van der Waals surface area contributed by atoms with Gasteiger partial charge in [0.2, 0.25) is 5.91 Å². The van der Waals surface area contributed by atoms with Crippen LogP contribution in [0.4, 0.5) is 0 Å². The predicted octanol–water partition coefficient (Wildman–Crippen LogP) is 0.313. The van der Waals surface area contributed by atoms with Crippen LogP contribution in [0.25, 0.3) is 0 Å². The van der Waals surface area contributed by atoms with Crippen molar-refractivity contribution in [2.75, 3.05) is 39.3 Å². The lowest BCUT2D eigenvalue weighted by Gasteiger charge is -2.45. The monoisotopic (exact) mass is 226 g/mol. The van der Waals surface area contributed by atoms with E-state index in [0.717, 1.165) is 45.6 Å². The molecule has 1 aliphatic carbocycles. The van der Waals surface area contributed by atoms with E-state index in [1.807, 2.05) is 4.90 Å². The SMILES string of the molecule is CC(=O)N1CCN(CC2(CO)CCC2)CC1. The Morgan fingerprint density at radius 1 is 1.25 bits per heavy atom. The smallest absolute Gasteiger partial charge is 0.219 e. The molecule has 1 amide bonds. The molecule has 2 aliphatic rings. The Kier molecular flexibility index (Phi) is 3.50. The molecule has 0 aromatic heterocycles. The minimum atomic E-state index is 0.179. The van der Waals surface area contributed by atoms with Gasteiger partial charge in [-0.25, -0.2) is 0 Å². The fourth-order valence-electron chi connectivity index (χ4n) is 2.74. The van der Waals surface area contributed by atoms with Crippen LogP contribution in [-0.2, 0) is 4.79 Å². The third-order valence-corrected chi connectivity index (χ3v) is 4.13. The van der Waals surface area contributed by atoms with E-state index in [4.69, 9.17) is 0 Å². The molecular weight excluding hydrogens is 204 g/mol. The van der Waals surface area contributed by atoms with Crippen molar-refractivity contribution in [3.63, 3.8) is 0 Å². The Bertz CT molecular complexity index is 250. The molecule has 2 rings (SSSR count). The highest BCUT2D eigenvalue weighted by molar-refractivity contribution is 5.73. The van der Waals surface area contributed by atoms with Gasteiger partial charge >= 0.3 is 0 Å².